The molecule has 11 nitrogen and oxygen atoms in total. The van der Waals surface area contributed by atoms with Gasteiger partial charge in [0.1, 0.15) is 24.1 Å². The molecule has 0 saturated carbocycles. The molecule has 12 heteroatoms. The van der Waals surface area contributed by atoms with Gasteiger partial charge in [0.05, 0.1) is 48.4 Å². The fourth-order valence-corrected chi connectivity index (χ4v) is 5.38. The number of pyridine rings is 1. The smallest absolute Gasteiger partial charge is 0.335 e. The first kappa shape index (κ1) is 28.1. The summed E-state index contributed by atoms with van der Waals surface area (Å²) in [6.07, 6.45) is 0.919. The zero-order valence-corrected chi connectivity index (χ0v) is 23.4. The van der Waals surface area contributed by atoms with Crippen molar-refractivity contribution in [3.05, 3.63) is 88.8 Å². The number of hydrogen-bond donors (Lipinski definition) is 1. The highest BCUT2D eigenvalue weighted by Crippen LogP contribution is 2.30. The Morgan fingerprint density at radius 2 is 2.05 bits per heavy atom. The van der Waals surface area contributed by atoms with Gasteiger partial charge in [-0.15, -0.1) is 0 Å². The number of anilines is 1. The van der Waals surface area contributed by atoms with Crippen LogP contribution in [0.4, 0.5) is 15.9 Å². The zero-order chi connectivity index (χ0) is 30.1. The molecule has 2 saturated heterocycles. The molecule has 4 heterocycles. The Balaban J connectivity index is 1.16. The van der Waals surface area contributed by atoms with E-state index in [1.165, 1.54) is 24.3 Å². The molecule has 1 unspecified atom stereocenters. The number of carboxylic acid groups (broad SMARTS) is 1. The molecular formula is C31H29FN6O5. The highest BCUT2D eigenvalue weighted by molar-refractivity contribution is 5.92. The fraction of sp³-hybridized carbons (Fsp3) is 0.323. The van der Waals surface area contributed by atoms with Gasteiger partial charge in [-0.1, -0.05) is 18.2 Å². The van der Waals surface area contributed by atoms with Gasteiger partial charge in [-0.3, -0.25) is 4.79 Å². The monoisotopic (exact) mass is 584 g/mol. The standard InChI is InChI=1S/C31H29FN6O5/c1-19(30-34-25-9-7-20(31(40)41)14-26(25)38(30)16-23-10-13-42-23)37-12-11-36(17-29(37)39)27-4-3-5-28(35-27)43-18-21-6-8-22(33-2)15-24(21)32/h3-9,14-15,19,23H,10-13,16-18H2,1H3,(H,40,41)/t19?,23-/m0/s1. The van der Waals surface area contributed by atoms with Gasteiger partial charge in [-0.05, 0) is 43.7 Å². The number of piperazine rings is 1. The number of imidazole rings is 1. The van der Waals surface area contributed by atoms with Crippen LogP contribution in [0.1, 0.15) is 41.1 Å². The molecule has 2 aromatic heterocycles. The number of carbonyl (C=O) groups excluding carboxylic acids is 1. The maximum atomic E-state index is 14.3. The quantitative estimate of drug-likeness (QED) is 0.284. The Morgan fingerprint density at radius 3 is 2.74 bits per heavy atom. The van der Waals surface area contributed by atoms with E-state index in [-0.39, 0.29) is 42.5 Å². The highest BCUT2D eigenvalue weighted by atomic mass is 19.1. The number of amides is 1. The van der Waals surface area contributed by atoms with Crippen LogP contribution in [0.5, 0.6) is 5.88 Å². The largest absolute Gasteiger partial charge is 0.478 e. The van der Waals surface area contributed by atoms with Crippen LogP contribution in [0.15, 0.2) is 54.6 Å². The van der Waals surface area contributed by atoms with Crippen LogP contribution in [0.3, 0.4) is 0 Å². The predicted molar refractivity (Wildman–Crippen MR) is 155 cm³/mol. The van der Waals surface area contributed by atoms with E-state index in [1.807, 2.05) is 16.4 Å². The molecular weight excluding hydrogens is 555 g/mol. The third-order valence-corrected chi connectivity index (χ3v) is 7.88. The molecule has 220 valence electrons. The maximum absolute atomic E-state index is 14.3. The Bertz CT molecular complexity index is 1750. The van der Waals surface area contributed by atoms with Gasteiger partial charge >= 0.3 is 5.97 Å². The molecule has 2 aliphatic heterocycles. The van der Waals surface area contributed by atoms with Gasteiger partial charge in [0.25, 0.3) is 0 Å². The van der Waals surface area contributed by atoms with E-state index in [4.69, 9.17) is 21.0 Å². The normalized spacial score (nSPS) is 17.4. The summed E-state index contributed by atoms with van der Waals surface area (Å²) < 4.78 is 27.6. The predicted octanol–water partition coefficient (Wildman–Crippen LogP) is 4.60. The summed E-state index contributed by atoms with van der Waals surface area (Å²) in [6, 6.07) is 14.0. The number of carbonyl (C=O) groups is 2. The lowest BCUT2D eigenvalue weighted by Crippen LogP contribution is -2.51. The summed E-state index contributed by atoms with van der Waals surface area (Å²) in [5.41, 5.74) is 2.07. The number of nitrogens with zero attached hydrogens (tertiary/aromatic N) is 6. The molecule has 2 aromatic carbocycles. The number of hydrogen-bond acceptors (Lipinski definition) is 7. The molecule has 0 aliphatic carbocycles. The third-order valence-electron chi connectivity index (χ3n) is 7.88. The molecule has 0 spiro atoms. The number of rotatable bonds is 9. The molecule has 1 N–H and O–H groups in total. The van der Waals surface area contributed by atoms with E-state index in [1.54, 1.807) is 35.2 Å². The van der Waals surface area contributed by atoms with Crippen molar-refractivity contribution in [3.63, 3.8) is 0 Å². The van der Waals surface area contributed by atoms with E-state index in [9.17, 15) is 19.1 Å². The molecule has 2 fully saturated rings. The number of fused-ring (bicyclic) bond motifs is 1. The van der Waals surface area contributed by atoms with E-state index in [2.05, 4.69) is 9.83 Å². The number of carboxylic acids is 1. The first-order valence-electron chi connectivity index (χ1n) is 14.0. The van der Waals surface area contributed by atoms with Crippen LogP contribution in [0, 0.1) is 12.4 Å². The minimum Gasteiger partial charge on any atom is -0.478 e. The number of aromatic carboxylic acids is 1. The summed E-state index contributed by atoms with van der Waals surface area (Å²) in [5, 5.41) is 9.53. The van der Waals surface area contributed by atoms with Gasteiger partial charge in [0, 0.05) is 31.3 Å². The summed E-state index contributed by atoms with van der Waals surface area (Å²) in [5.74, 6) is -0.0873. The minimum absolute atomic E-state index is 0.0135. The molecule has 1 amide bonds. The van der Waals surface area contributed by atoms with Gasteiger partial charge < -0.3 is 28.9 Å². The summed E-state index contributed by atoms with van der Waals surface area (Å²) in [6.45, 7) is 11.2. The number of halogens is 1. The molecule has 0 radical (unpaired) electrons. The molecule has 43 heavy (non-hydrogen) atoms. The first-order valence-corrected chi connectivity index (χ1v) is 14.0. The van der Waals surface area contributed by atoms with Crippen LogP contribution < -0.4 is 9.64 Å². The molecule has 2 atom stereocenters. The second-order valence-corrected chi connectivity index (χ2v) is 10.6. The van der Waals surface area contributed by atoms with Gasteiger partial charge in [0.15, 0.2) is 5.69 Å². The van der Waals surface area contributed by atoms with Crippen molar-refractivity contribution in [1.29, 1.82) is 0 Å². The topological polar surface area (TPSA) is 114 Å². The van der Waals surface area contributed by atoms with Crippen molar-refractivity contribution in [2.75, 3.05) is 31.1 Å². The molecule has 6 rings (SSSR count). The van der Waals surface area contributed by atoms with E-state index < -0.39 is 11.8 Å². The first-order chi connectivity index (χ1) is 20.8. The van der Waals surface area contributed by atoms with E-state index in [0.717, 1.165) is 6.42 Å². The minimum atomic E-state index is -1.01. The van der Waals surface area contributed by atoms with Crippen molar-refractivity contribution in [2.24, 2.45) is 0 Å². The SMILES string of the molecule is [C-]#[N+]c1ccc(COc2cccc(N3CCN(C(C)c4nc5ccc(C(=O)O)cc5n4C[C@@H]4CCO4)C(=O)C3)n2)c(F)c1. The van der Waals surface area contributed by atoms with Crippen LogP contribution >= 0.6 is 0 Å². The van der Waals surface area contributed by atoms with Gasteiger partial charge in [-0.25, -0.2) is 19.0 Å². The number of ether oxygens (including phenoxy) is 2. The number of aromatic nitrogens is 3. The van der Waals surface area contributed by atoms with Crippen LogP contribution in [0.2, 0.25) is 0 Å². The molecule has 0 bridgehead atoms. The average Bonchev–Trinajstić information content (AvgIpc) is 3.35. The average molecular weight is 585 g/mol. The zero-order valence-electron chi connectivity index (χ0n) is 23.4. The Hall–Kier alpha value is -5.02. The Kier molecular flexibility index (Phi) is 7.65. The summed E-state index contributed by atoms with van der Waals surface area (Å²) in [4.78, 5) is 41.3. The molecule has 4 aromatic rings. The second-order valence-electron chi connectivity index (χ2n) is 10.6. The highest BCUT2D eigenvalue weighted by Gasteiger charge is 2.33. The molecule has 2 aliphatic rings. The summed E-state index contributed by atoms with van der Waals surface area (Å²) >= 11 is 0. The van der Waals surface area contributed by atoms with Crippen molar-refractivity contribution in [3.8, 4) is 5.88 Å². The van der Waals surface area contributed by atoms with E-state index >= 15 is 0 Å². The fourth-order valence-electron chi connectivity index (χ4n) is 5.38. The Morgan fingerprint density at radius 1 is 1.21 bits per heavy atom. The van der Waals surface area contributed by atoms with Crippen molar-refractivity contribution < 1.29 is 28.6 Å². The second kappa shape index (κ2) is 11.7. The van der Waals surface area contributed by atoms with Crippen LogP contribution in [0.25, 0.3) is 15.9 Å². The lowest BCUT2D eigenvalue weighted by atomic mass is 10.1. The van der Waals surface area contributed by atoms with Crippen molar-refractivity contribution >= 4 is 34.4 Å². The third kappa shape index (κ3) is 5.72. The lowest BCUT2D eigenvalue weighted by molar-refractivity contribution is -0.133. The van der Waals surface area contributed by atoms with Crippen LogP contribution in [-0.4, -0.2) is 68.8 Å². The van der Waals surface area contributed by atoms with E-state index in [0.29, 0.717) is 60.4 Å². The maximum Gasteiger partial charge on any atom is 0.335 e. The lowest BCUT2D eigenvalue weighted by Gasteiger charge is -2.38. The van der Waals surface area contributed by atoms with Gasteiger partial charge in [0.2, 0.25) is 11.8 Å². The number of benzene rings is 2. The Labute approximate surface area is 246 Å². The van der Waals surface area contributed by atoms with Crippen LogP contribution in [-0.2, 0) is 22.7 Å². The van der Waals surface area contributed by atoms with Crippen molar-refractivity contribution in [1.82, 2.24) is 19.4 Å². The summed E-state index contributed by atoms with van der Waals surface area (Å²) in [7, 11) is 0. The van der Waals surface area contributed by atoms with Gasteiger partial charge in [-0.2, -0.15) is 4.98 Å². The van der Waals surface area contributed by atoms with Crippen molar-refractivity contribution in [2.45, 2.75) is 38.6 Å².